The van der Waals surface area contributed by atoms with E-state index in [-0.39, 0.29) is 5.91 Å². The minimum Gasteiger partial charge on any atom is -0.488 e. The summed E-state index contributed by atoms with van der Waals surface area (Å²) in [5, 5.41) is 5.86. The number of rotatable bonds is 5. The van der Waals surface area contributed by atoms with Crippen LogP contribution in [-0.4, -0.2) is 18.2 Å². The Balaban J connectivity index is 2.02. The quantitative estimate of drug-likeness (QED) is 0.280. The average Bonchev–Trinajstić information content (AvgIpc) is 2.90. The van der Waals surface area contributed by atoms with Crippen LogP contribution >= 0.6 is 45.2 Å². The molecule has 132 valence electrons. The summed E-state index contributed by atoms with van der Waals surface area (Å²) in [7, 11) is 0. The van der Waals surface area contributed by atoms with Gasteiger partial charge in [0.25, 0.3) is 5.91 Å². The molecule has 0 N–H and O–H groups in total. The van der Waals surface area contributed by atoms with E-state index in [9.17, 15) is 4.79 Å². The SMILES string of the molecule is C=CCOc1c(I)cc(I)cc1/C=C1\C(=O)N(c2ccccc2)N=C1C. The Morgan fingerprint density at radius 3 is 2.65 bits per heavy atom. The van der Waals surface area contributed by atoms with Crippen molar-refractivity contribution >= 4 is 68.6 Å². The van der Waals surface area contributed by atoms with E-state index in [1.54, 1.807) is 6.08 Å². The molecule has 1 amide bonds. The van der Waals surface area contributed by atoms with Crippen LogP contribution in [0.2, 0.25) is 0 Å². The molecule has 0 saturated heterocycles. The van der Waals surface area contributed by atoms with E-state index in [2.05, 4.69) is 56.9 Å². The van der Waals surface area contributed by atoms with Gasteiger partial charge in [0.2, 0.25) is 0 Å². The van der Waals surface area contributed by atoms with Crippen molar-refractivity contribution in [1.82, 2.24) is 0 Å². The lowest BCUT2D eigenvalue weighted by molar-refractivity contribution is -0.114. The molecule has 0 radical (unpaired) electrons. The number of hydrazone groups is 1. The Kier molecular flexibility index (Phi) is 6.13. The summed E-state index contributed by atoms with van der Waals surface area (Å²) in [5.74, 6) is 0.606. The largest absolute Gasteiger partial charge is 0.488 e. The van der Waals surface area contributed by atoms with Gasteiger partial charge in [0.15, 0.2) is 0 Å². The van der Waals surface area contributed by atoms with Crippen molar-refractivity contribution in [2.75, 3.05) is 11.6 Å². The summed E-state index contributed by atoms with van der Waals surface area (Å²) in [6.07, 6.45) is 3.56. The van der Waals surface area contributed by atoms with Gasteiger partial charge < -0.3 is 4.74 Å². The van der Waals surface area contributed by atoms with Crippen molar-refractivity contribution in [3.05, 3.63) is 73.4 Å². The summed E-state index contributed by atoms with van der Waals surface area (Å²) in [6.45, 7) is 5.95. The van der Waals surface area contributed by atoms with E-state index in [0.29, 0.717) is 17.9 Å². The number of anilines is 1. The number of amides is 1. The van der Waals surface area contributed by atoms with Crippen LogP contribution in [0.4, 0.5) is 5.69 Å². The molecule has 0 atom stereocenters. The molecule has 2 aromatic carbocycles. The standard InChI is InChI=1S/C20H16I2N2O2/c1-3-9-26-19-14(10-15(21)12-18(19)22)11-17-13(2)23-24(20(17)25)16-7-5-4-6-8-16/h3-8,10-12H,1,9H2,2H3/b17-11-. The Morgan fingerprint density at radius 2 is 1.96 bits per heavy atom. The van der Waals surface area contributed by atoms with E-state index in [1.165, 1.54) is 5.01 Å². The molecule has 1 heterocycles. The smallest absolute Gasteiger partial charge is 0.280 e. The molecule has 0 spiro atoms. The van der Waals surface area contributed by atoms with Crippen molar-refractivity contribution < 1.29 is 9.53 Å². The molecule has 26 heavy (non-hydrogen) atoms. The minimum atomic E-state index is -0.141. The number of hydrogen-bond acceptors (Lipinski definition) is 3. The maximum absolute atomic E-state index is 12.9. The Hall–Kier alpha value is -1.68. The van der Waals surface area contributed by atoms with Crippen molar-refractivity contribution in [3.8, 4) is 5.75 Å². The van der Waals surface area contributed by atoms with Gasteiger partial charge in [0.1, 0.15) is 12.4 Å². The van der Waals surface area contributed by atoms with Gasteiger partial charge >= 0.3 is 0 Å². The van der Waals surface area contributed by atoms with E-state index < -0.39 is 0 Å². The third-order valence-electron chi connectivity index (χ3n) is 3.75. The van der Waals surface area contributed by atoms with Gasteiger partial charge in [0.05, 0.1) is 20.5 Å². The normalized spacial score (nSPS) is 15.3. The van der Waals surface area contributed by atoms with Crippen LogP contribution in [0.1, 0.15) is 12.5 Å². The fourth-order valence-electron chi connectivity index (χ4n) is 2.57. The molecule has 3 rings (SSSR count). The van der Waals surface area contributed by atoms with Crippen LogP contribution in [0.5, 0.6) is 5.75 Å². The first kappa shape index (κ1) is 19.1. The molecule has 4 nitrogen and oxygen atoms in total. The molecule has 0 saturated carbocycles. The summed E-state index contributed by atoms with van der Waals surface area (Å²) >= 11 is 4.50. The number of carbonyl (C=O) groups is 1. The van der Waals surface area contributed by atoms with Crippen molar-refractivity contribution in [1.29, 1.82) is 0 Å². The molecule has 0 aliphatic carbocycles. The summed E-state index contributed by atoms with van der Waals surface area (Å²) in [6, 6.07) is 13.5. The zero-order valence-electron chi connectivity index (χ0n) is 14.1. The van der Waals surface area contributed by atoms with Crippen molar-refractivity contribution in [3.63, 3.8) is 0 Å². The number of benzene rings is 2. The number of carbonyl (C=O) groups excluding carboxylic acids is 1. The molecule has 1 aliphatic heterocycles. The van der Waals surface area contributed by atoms with Gasteiger partial charge in [-0.15, -0.1) is 0 Å². The lowest BCUT2D eigenvalue weighted by Gasteiger charge is -2.12. The third-order valence-corrected chi connectivity index (χ3v) is 5.17. The molecule has 0 aromatic heterocycles. The van der Waals surface area contributed by atoms with Gasteiger partial charge in [-0.1, -0.05) is 30.9 Å². The number of ether oxygens (including phenoxy) is 1. The molecule has 0 unspecified atom stereocenters. The fraction of sp³-hybridized carbons (Fsp3) is 0.100. The first-order valence-electron chi connectivity index (χ1n) is 7.90. The van der Waals surface area contributed by atoms with Gasteiger partial charge in [-0.05, 0) is 82.4 Å². The summed E-state index contributed by atoms with van der Waals surface area (Å²) in [4.78, 5) is 12.9. The number of nitrogens with zero attached hydrogens (tertiary/aromatic N) is 2. The Morgan fingerprint density at radius 1 is 1.23 bits per heavy atom. The Labute approximate surface area is 179 Å². The highest BCUT2D eigenvalue weighted by Crippen LogP contribution is 2.32. The predicted octanol–water partition coefficient (Wildman–Crippen LogP) is 5.27. The zero-order chi connectivity index (χ0) is 18.7. The number of para-hydroxylation sites is 1. The molecular formula is C20H16I2N2O2. The van der Waals surface area contributed by atoms with Crippen LogP contribution in [0.3, 0.4) is 0 Å². The first-order chi connectivity index (χ1) is 12.5. The molecule has 6 heteroatoms. The van der Waals surface area contributed by atoms with E-state index >= 15 is 0 Å². The number of halogens is 2. The minimum absolute atomic E-state index is 0.141. The maximum Gasteiger partial charge on any atom is 0.280 e. The van der Waals surface area contributed by atoms with Crippen LogP contribution < -0.4 is 9.75 Å². The third kappa shape index (κ3) is 4.01. The second-order valence-electron chi connectivity index (χ2n) is 5.60. The monoisotopic (exact) mass is 570 g/mol. The lowest BCUT2D eigenvalue weighted by Crippen LogP contribution is -2.21. The summed E-state index contributed by atoms with van der Waals surface area (Å²) in [5.41, 5.74) is 2.86. The Bertz CT molecular complexity index is 921. The van der Waals surface area contributed by atoms with Crippen molar-refractivity contribution in [2.24, 2.45) is 5.10 Å². The van der Waals surface area contributed by atoms with Gasteiger partial charge in [-0.2, -0.15) is 10.1 Å². The second kappa shape index (κ2) is 8.34. The van der Waals surface area contributed by atoms with Gasteiger partial charge in [-0.3, -0.25) is 4.79 Å². The highest BCUT2D eigenvalue weighted by Gasteiger charge is 2.29. The van der Waals surface area contributed by atoms with Crippen LogP contribution in [-0.2, 0) is 4.79 Å². The van der Waals surface area contributed by atoms with E-state index in [0.717, 1.165) is 24.1 Å². The lowest BCUT2D eigenvalue weighted by atomic mass is 10.1. The molecular weight excluding hydrogens is 554 g/mol. The van der Waals surface area contributed by atoms with Crippen LogP contribution in [0.15, 0.2) is 65.8 Å². The average molecular weight is 570 g/mol. The number of hydrogen-bond donors (Lipinski definition) is 0. The van der Waals surface area contributed by atoms with Crippen LogP contribution in [0, 0.1) is 7.14 Å². The molecule has 0 bridgehead atoms. The van der Waals surface area contributed by atoms with E-state index in [4.69, 9.17) is 4.74 Å². The highest BCUT2D eigenvalue weighted by molar-refractivity contribution is 14.1. The summed E-state index contributed by atoms with van der Waals surface area (Å²) < 4.78 is 7.89. The zero-order valence-corrected chi connectivity index (χ0v) is 18.4. The first-order valence-corrected chi connectivity index (χ1v) is 10.1. The van der Waals surface area contributed by atoms with Crippen molar-refractivity contribution in [2.45, 2.75) is 6.92 Å². The molecule has 2 aromatic rings. The molecule has 1 aliphatic rings. The predicted molar refractivity (Wildman–Crippen MR) is 123 cm³/mol. The van der Waals surface area contributed by atoms with Gasteiger partial charge in [-0.25, -0.2) is 0 Å². The molecule has 0 fully saturated rings. The maximum atomic E-state index is 12.9. The fourth-order valence-corrected chi connectivity index (χ4v) is 4.61. The second-order valence-corrected chi connectivity index (χ2v) is 8.01. The van der Waals surface area contributed by atoms with Crippen LogP contribution in [0.25, 0.3) is 6.08 Å². The highest BCUT2D eigenvalue weighted by atomic mass is 127. The topological polar surface area (TPSA) is 41.9 Å². The van der Waals surface area contributed by atoms with E-state index in [1.807, 2.05) is 55.5 Å². The van der Waals surface area contributed by atoms with Gasteiger partial charge in [0, 0.05) is 9.13 Å².